The molecule has 0 aliphatic heterocycles. The maximum absolute atomic E-state index is 12.3. The van der Waals surface area contributed by atoms with Gasteiger partial charge in [0.25, 0.3) is 5.91 Å². The van der Waals surface area contributed by atoms with E-state index in [2.05, 4.69) is 22.0 Å². The summed E-state index contributed by atoms with van der Waals surface area (Å²) >= 11 is 0. The summed E-state index contributed by atoms with van der Waals surface area (Å²) in [7, 11) is 3.49. The Labute approximate surface area is 146 Å². The van der Waals surface area contributed by atoms with Gasteiger partial charge in [-0.25, -0.2) is 4.98 Å². The lowest BCUT2D eigenvalue weighted by Crippen LogP contribution is -2.25. The van der Waals surface area contributed by atoms with E-state index < -0.39 is 0 Å². The number of likely N-dealkylation sites (N-methyl/N-ethyl adjacent to an activating group) is 1. The minimum Gasteiger partial charge on any atom is -0.345 e. The molecule has 1 aliphatic carbocycles. The minimum atomic E-state index is -0.203. The second-order valence-electron chi connectivity index (χ2n) is 6.12. The number of carbonyl (C=O) groups is 2. The van der Waals surface area contributed by atoms with Crippen LogP contribution in [0.15, 0.2) is 36.9 Å². The maximum atomic E-state index is 12.3. The normalized spacial score (nSPS) is 13.4. The van der Waals surface area contributed by atoms with E-state index in [4.69, 9.17) is 0 Å². The van der Waals surface area contributed by atoms with Gasteiger partial charge in [0.2, 0.25) is 5.91 Å². The molecule has 25 heavy (non-hydrogen) atoms. The first-order valence-corrected chi connectivity index (χ1v) is 8.17. The molecule has 1 aromatic heterocycles. The molecule has 1 saturated carbocycles. The molecule has 0 saturated heterocycles. The third-order valence-corrected chi connectivity index (χ3v) is 4.24. The van der Waals surface area contributed by atoms with E-state index in [0.717, 1.165) is 24.5 Å². The summed E-state index contributed by atoms with van der Waals surface area (Å²) < 4.78 is 1.72. The van der Waals surface area contributed by atoms with Gasteiger partial charge in [-0.2, -0.15) is 5.10 Å². The van der Waals surface area contributed by atoms with Crippen molar-refractivity contribution in [1.82, 2.24) is 20.1 Å². The number of hydrogen-bond donors (Lipinski definition) is 1. The molecule has 0 unspecified atom stereocenters. The van der Waals surface area contributed by atoms with Crippen molar-refractivity contribution in [2.75, 3.05) is 11.9 Å². The van der Waals surface area contributed by atoms with Crippen LogP contribution in [0, 0.1) is 0 Å². The molecule has 0 atom stereocenters. The molecule has 7 heteroatoms. The van der Waals surface area contributed by atoms with E-state index in [1.807, 2.05) is 7.05 Å². The number of aromatic nitrogens is 3. The van der Waals surface area contributed by atoms with Crippen molar-refractivity contribution in [2.45, 2.75) is 25.3 Å². The van der Waals surface area contributed by atoms with Gasteiger partial charge in [0.15, 0.2) is 5.82 Å². The number of carbonyl (C=O) groups excluding carboxylic acids is 2. The predicted octanol–water partition coefficient (Wildman–Crippen LogP) is 1.77. The number of rotatable bonds is 6. The molecule has 2 aromatic rings. The Morgan fingerprint density at radius 2 is 2.04 bits per heavy atom. The lowest BCUT2D eigenvalue weighted by Gasteiger charge is -2.15. The Morgan fingerprint density at radius 1 is 1.36 bits per heavy atom. The first-order chi connectivity index (χ1) is 12.0. The molecular formula is C18H21N5O2. The zero-order valence-electron chi connectivity index (χ0n) is 14.4. The zero-order chi connectivity index (χ0) is 18.0. The highest BCUT2D eigenvalue weighted by Gasteiger charge is 2.28. The van der Waals surface area contributed by atoms with Crippen LogP contribution < -0.4 is 10.2 Å². The van der Waals surface area contributed by atoms with Gasteiger partial charge in [-0.15, -0.1) is 0 Å². The summed E-state index contributed by atoms with van der Waals surface area (Å²) in [6.45, 7) is 3.79. The Morgan fingerprint density at radius 3 is 2.64 bits per heavy atom. The lowest BCUT2D eigenvalue weighted by atomic mass is 10.2. The molecule has 1 fully saturated rings. The van der Waals surface area contributed by atoms with Crippen LogP contribution in [0.3, 0.4) is 0 Å². The van der Waals surface area contributed by atoms with Crippen LogP contribution in [0.25, 0.3) is 0 Å². The summed E-state index contributed by atoms with van der Waals surface area (Å²) in [6.07, 6.45) is 3.54. The first kappa shape index (κ1) is 16.9. The lowest BCUT2D eigenvalue weighted by molar-refractivity contribution is -0.113. The summed E-state index contributed by atoms with van der Waals surface area (Å²) in [5.41, 5.74) is 1.22. The third kappa shape index (κ3) is 3.76. The zero-order valence-corrected chi connectivity index (χ0v) is 14.4. The smallest absolute Gasteiger partial charge is 0.251 e. The van der Waals surface area contributed by atoms with Gasteiger partial charge < -0.3 is 10.2 Å². The fraction of sp³-hybridized carbons (Fsp3) is 0.333. The van der Waals surface area contributed by atoms with Gasteiger partial charge in [0.05, 0.1) is 6.54 Å². The van der Waals surface area contributed by atoms with Crippen LogP contribution in [0.2, 0.25) is 0 Å². The second kappa shape index (κ2) is 6.88. The van der Waals surface area contributed by atoms with E-state index in [9.17, 15) is 9.59 Å². The monoisotopic (exact) mass is 339 g/mol. The number of amides is 2. The van der Waals surface area contributed by atoms with Crippen molar-refractivity contribution < 1.29 is 9.59 Å². The van der Waals surface area contributed by atoms with E-state index in [0.29, 0.717) is 23.7 Å². The summed E-state index contributed by atoms with van der Waals surface area (Å²) in [4.78, 5) is 29.8. The molecule has 1 aromatic carbocycles. The summed E-state index contributed by atoms with van der Waals surface area (Å²) in [5.74, 6) is 1.69. The molecule has 130 valence electrons. The Hall–Kier alpha value is -2.96. The van der Waals surface area contributed by atoms with Gasteiger partial charge in [0.1, 0.15) is 5.82 Å². The molecule has 2 amide bonds. The Balaban J connectivity index is 1.61. The molecule has 1 N–H and O–H groups in total. The van der Waals surface area contributed by atoms with Crippen molar-refractivity contribution in [1.29, 1.82) is 0 Å². The van der Waals surface area contributed by atoms with Crippen LogP contribution in [0.1, 0.15) is 40.8 Å². The highest BCUT2D eigenvalue weighted by molar-refractivity contribution is 6.01. The molecule has 0 bridgehead atoms. The van der Waals surface area contributed by atoms with Gasteiger partial charge in [-0.3, -0.25) is 14.3 Å². The first-order valence-electron chi connectivity index (χ1n) is 8.17. The van der Waals surface area contributed by atoms with Crippen LogP contribution >= 0.6 is 0 Å². The summed E-state index contributed by atoms with van der Waals surface area (Å²) in [6, 6.07) is 6.82. The second-order valence-corrected chi connectivity index (χ2v) is 6.12. The molecule has 7 nitrogen and oxygen atoms in total. The molecule has 0 spiro atoms. The standard InChI is InChI=1S/C18H21N5O2/c1-4-16(24)22(2)14-9-7-13(8-10-14)18(25)19-11-15-20-17(12-5-6-12)21-23(15)3/h4,7-10,12H,1,5-6,11H2,2-3H3,(H,19,25). The van der Waals surface area contributed by atoms with Gasteiger partial charge >= 0.3 is 0 Å². The number of nitrogens with one attached hydrogen (secondary N) is 1. The van der Waals surface area contributed by atoms with Crippen LogP contribution in [-0.4, -0.2) is 33.6 Å². The topological polar surface area (TPSA) is 80.1 Å². The highest BCUT2D eigenvalue weighted by atomic mass is 16.2. The van der Waals surface area contributed by atoms with Crippen LogP contribution in [0.4, 0.5) is 5.69 Å². The number of benzene rings is 1. The predicted molar refractivity (Wildman–Crippen MR) is 94.2 cm³/mol. The highest BCUT2D eigenvalue weighted by Crippen LogP contribution is 2.37. The van der Waals surface area contributed by atoms with Gasteiger partial charge in [0, 0.05) is 31.3 Å². The molecule has 0 radical (unpaired) electrons. The van der Waals surface area contributed by atoms with E-state index in [1.165, 1.54) is 11.0 Å². The van der Waals surface area contributed by atoms with Crippen molar-refractivity contribution in [3.05, 3.63) is 54.1 Å². The average Bonchev–Trinajstić information content (AvgIpc) is 3.42. The van der Waals surface area contributed by atoms with Crippen LogP contribution in [-0.2, 0) is 18.4 Å². The number of aryl methyl sites for hydroxylation is 1. The van der Waals surface area contributed by atoms with Crippen molar-refractivity contribution in [3.63, 3.8) is 0 Å². The molecule has 1 heterocycles. The fourth-order valence-corrected chi connectivity index (χ4v) is 2.47. The average molecular weight is 339 g/mol. The Kier molecular flexibility index (Phi) is 4.65. The molecule has 1 aliphatic rings. The number of hydrogen-bond acceptors (Lipinski definition) is 4. The quantitative estimate of drug-likeness (QED) is 0.814. The Bertz CT molecular complexity index is 805. The largest absolute Gasteiger partial charge is 0.345 e. The fourth-order valence-electron chi connectivity index (χ4n) is 2.47. The number of nitrogens with zero attached hydrogens (tertiary/aromatic N) is 4. The number of anilines is 1. The van der Waals surface area contributed by atoms with Crippen molar-refractivity contribution in [3.8, 4) is 0 Å². The van der Waals surface area contributed by atoms with Gasteiger partial charge in [-0.1, -0.05) is 6.58 Å². The minimum absolute atomic E-state index is 0.194. The van der Waals surface area contributed by atoms with E-state index in [-0.39, 0.29) is 11.8 Å². The molecule has 3 rings (SSSR count). The summed E-state index contributed by atoms with van der Waals surface area (Å²) in [5, 5.41) is 7.24. The van der Waals surface area contributed by atoms with Crippen molar-refractivity contribution >= 4 is 17.5 Å². The van der Waals surface area contributed by atoms with E-state index in [1.54, 1.807) is 36.0 Å². The third-order valence-electron chi connectivity index (χ3n) is 4.24. The van der Waals surface area contributed by atoms with Gasteiger partial charge in [-0.05, 0) is 43.2 Å². The van der Waals surface area contributed by atoms with Crippen LogP contribution in [0.5, 0.6) is 0 Å². The SMILES string of the molecule is C=CC(=O)N(C)c1ccc(C(=O)NCc2nc(C3CC3)nn2C)cc1. The van der Waals surface area contributed by atoms with E-state index >= 15 is 0 Å². The molecular weight excluding hydrogens is 318 g/mol. The maximum Gasteiger partial charge on any atom is 0.251 e. The van der Waals surface area contributed by atoms with Crippen molar-refractivity contribution in [2.24, 2.45) is 7.05 Å².